The minimum Gasteiger partial charge on any atom is -0.468 e. The van der Waals surface area contributed by atoms with Gasteiger partial charge in [-0.1, -0.05) is 0 Å². The van der Waals surface area contributed by atoms with E-state index in [0.717, 1.165) is 25.9 Å². The standard InChI is InChI=1S/C12H21NO5/c1-16-11(14)8-13(9-12(15)17-2)7-10-5-3-4-6-18-10/h10H,3-9H2,1-2H3. The summed E-state index contributed by atoms with van der Waals surface area (Å²) in [5.74, 6) is -0.732. The van der Waals surface area contributed by atoms with Gasteiger partial charge in [-0.05, 0) is 19.3 Å². The zero-order valence-electron chi connectivity index (χ0n) is 11.0. The summed E-state index contributed by atoms with van der Waals surface area (Å²) >= 11 is 0. The van der Waals surface area contributed by atoms with Gasteiger partial charge in [-0.15, -0.1) is 0 Å². The van der Waals surface area contributed by atoms with E-state index in [1.165, 1.54) is 14.2 Å². The van der Waals surface area contributed by atoms with E-state index >= 15 is 0 Å². The number of nitrogens with zero attached hydrogens (tertiary/aromatic N) is 1. The van der Waals surface area contributed by atoms with E-state index < -0.39 is 0 Å². The predicted octanol–water partition coefficient (Wildman–Crippen LogP) is 0.204. The summed E-state index contributed by atoms with van der Waals surface area (Å²) in [6.07, 6.45) is 3.23. The van der Waals surface area contributed by atoms with Gasteiger partial charge in [0, 0.05) is 13.2 Å². The van der Waals surface area contributed by atoms with Crippen molar-refractivity contribution in [3.05, 3.63) is 0 Å². The predicted molar refractivity (Wildman–Crippen MR) is 64.1 cm³/mol. The van der Waals surface area contributed by atoms with Crippen LogP contribution in [0.2, 0.25) is 0 Å². The van der Waals surface area contributed by atoms with Gasteiger partial charge in [0.1, 0.15) is 0 Å². The van der Waals surface area contributed by atoms with Crippen LogP contribution < -0.4 is 0 Å². The molecule has 0 spiro atoms. The van der Waals surface area contributed by atoms with Crippen molar-refractivity contribution in [2.24, 2.45) is 0 Å². The molecule has 0 aromatic heterocycles. The molecule has 6 nitrogen and oxygen atoms in total. The zero-order chi connectivity index (χ0) is 13.4. The van der Waals surface area contributed by atoms with Crippen molar-refractivity contribution < 1.29 is 23.8 Å². The van der Waals surface area contributed by atoms with Crippen LogP contribution in [-0.4, -0.2) is 63.4 Å². The van der Waals surface area contributed by atoms with E-state index in [1.807, 2.05) is 0 Å². The maximum atomic E-state index is 11.3. The van der Waals surface area contributed by atoms with E-state index in [-0.39, 0.29) is 31.1 Å². The number of carbonyl (C=O) groups excluding carboxylic acids is 2. The number of carbonyl (C=O) groups is 2. The average Bonchev–Trinajstić information content (AvgIpc) is 2.39. The lowest BCUT2D eigenvalue weighted by Crippen LogP contribution is -2.42. The first kappa shape index (κ1) is 14.9. The zero-order valence-corrected chi connectivity index (χ0v) is 11.0. The smallest absolute Gasteiger partial charge is 0.319 e. The third-order valence-corrected chi connectivity index (χ3v) is 2.90. The van der Waals surface area contributed by atoms with Crippen molar-refractivity contribution in [1.82, 2.24) is 4.90 Å². The largest absolute Gasteiger partial charge is 0.468 e. The van der Waals surface area contributed by atoms with Crippen LogP contribution in [0, 0.1) is 0 Å². The second kappa shape index (κ2) is 8.05. The Bertz CT molecular complexity index is 258. The second-order valence-corrected chi connectivity index (χ2v) is 4.31. The quantitative estimate of drug-likeness (QED) is 0.635. The number of hydrogen-bond acceptors (Lipinski definition) is 6. The first-order valence-electron chi connectivity index (χ1n) is 6.13. The summed E-state index contributed by atoms with van der Waals surface area (Å²) < 4.78 is 14.8. The van der Waals surface area contributed by atoms with Gasteiger partial charge in [-0.3, -0.25) is 14.5 Å². The highest BCUT2D eigenvalue weighted by Gasteiger charge is 2.21. The molecule has 0 amide bonds. The lowest BCUT2D eigenvalue weighted by Gasteiger charge is -2.28. The number of hydrogen-bond donors (Lipinski definition) is 0. The maximum Gasteiger partial charge on any atom is 0.319 e. The molecule has 0 saturated carbocycles. The summed E-state index contributed by atoms with van der Waals surface area (Å²) in [5, 5.41) is 0. The van der Waals surface area contributed by atoms with Gasteiger partial charge in [0.05, 0.1) is 33.4 Å². The van der Waals surface area contributed by atoms with Crippen molar-refractivity contribution in [2.75, 3.05) is 40.5 Å². The van der Waals surface area contributed by atoms with Crippen LogP contribution in [0.5, 0.6) is 0 Å². The van der Waals surface area contributed by atoms with Crippen molar-refractivity contribution >= 4 is 11.9 Å². The van der Waals surface area contributed by atoms with Crippen molar-refractivity contribution in [2.45, 2.75) is 25.4 Å². The van der Waals surface area contributed by atoms with Crippen LogP contribution in [0.4, 0.5) is 0 Å². The third-order valence-electron chi connectivity index (χ3n) is 2.90. The van der Waals surface area contributed by atoms with E-state index in [9.17, 15) is 9.59 Å². The van der Waals surface area contributed by atoms with Crippen LogP contribution >= 0.6 is 0 Å². The monoisotopic (exact) mass is 259 g/mol. The van der Waals surface area contributed by atoms with Crippen molar-refractivity contribution in [3.63, 3.8) is 0 Å². The molecule has 1 atom stereocenters. The number of ether oxygens (including phenoxy) is 3. The van der Waals surface area contributed by atoms with Gasteiger partial charge < -0.3 is 14.2 Å². The molecule has 0 radical (unpaired) electrons. The Balaban J connectivity index is 2.46. The molecule has 1 saturated heterocycles. The molecular weight excluding hydrogens is 238 g/mol. The fourth-order valence-electron chi connectivity index (χ4n) is 1.92. The first-order chi connectivity index (χ1) is 8.65. The normalized spacial score (nSPS) is 19.6. The fourth-order valence-corrected chi connectivity index (χ4v) is 1.92. The topological polar surface area (TPSA) is 65.1 Å². The molecule has 1 aliphatic heterocycles. The molecule has 1 fully saturated rings. The van der Waals surface area contributed by atoms with Crippen LogP contribution in [-0.2, 0) is 23.8 Å². The highest BCUT2D eigenvalue weighted by molar-refractivity contribution is 5.74. The van der Waals surface area contributed by atoms with E-state index in [1.54, 1.807) is 4.90 Å². The molecule has 0 aromatic carbocycles. The Kier molecular flexibility index (Phi) is 6.67. The maximum absolute atomic E-state index is 11.3. The number of esters is 2. The lowest BCUT2D eigenvalue weighted by atomic mass is 10.1. The summed E-state index contributed by atoms with van der Waals surface area (Å²) in [7, 11) is 2.66. The Morgan fingerprint density at radius 1 is 1.17 bits per heavy atom. The minimum absolute atomic E-state index is 0.0749. The highest BCUT2D eigenvalue weighted by Crippen LogP contribution is 2.13. The van der Waals surface area contributed by atoms with Gasteiger partial charge in [0.25, 0.3) is 0 Å². The Morgan fingerprint density at radius 2 is 1.78 bits per heavy atom. The van der Waals surface area contributed by atoms with Crippen LogP contribution in [0.1, 0.15) is 19.3 Å². The van der Waals surface area contributed by atoms with E-state index in [4.69, 9.17) is 4.74 Å². The average molecular weight is 259 g/mol. The summed E-state index contributed by atoms with van der Waals surface area (Å²) in [6, 6.07) is 0. The molecule has 1 heterocycles. The molecule has 6 heteroatoms. The molecule has 0 aliphatic carbocycles. The van der Waals surface area contributed by atoms with Gasteiger partial charge in [0.15, 0.2) is 0 Å². The lowest BCUT2D eigenvalue weighted by molar-refractivity contribution is -0.146. The van der Waals surface area contributed by atoms with Gasteiger partial charge in [-0.2, -0.15) is 0 Å². The van der Waals surface area contributed by atoms with E-state index in [2.05, 4.69) is 9.47 Å². The van der Waals surface area contributed by atoms with Crippen molar-refractivity contribution in [3.8, 4) is 0 Å². The minimum atomic E-state index is -0.366. The van der Waals surface area contributed by atoms with Gasteiger partial charge in [0.2, 0.25) is 0 Å². The fraction of sp³-hybridized carbons (Fsp3) is 0.833. The van der Waals surface area contributed by atoms with Crippen LogP contribution in [0.15, 0.2) is 0 Å². The SMILES string of the molecule is COC(=O)CN(CC(=O)OC)CC1CCCCO1. The van der Waals surface area contributed by atoms with E-state index in [0.29, 0.717) is 6.54 Å². The van der Waals surface area contributed by atoms with Crippen molar-refractivity contribution in [1.29, 1.82) is 0 Å². The molecule has 1 aliphatic rings. The molecule has 0 N–H and O–H groups in total. The third kappa shape index (κ3) is 5.46. The highest BCUT2D eigenvalue weighted by atomic mass is 16.5. The summed E-state index contributed by atoms with van der Waals surface area (Å²) in [4.78, 5) is 24.3. The Hall–Kier alpha value is -1.14. The molecular formula is C12H21NO5. The van der Waals surface area contributed by atoms with Gasteiger partial charge in [-0.25, -0.2) is 0 Å². The molecule has 1 rings (SSSR count). The molecule has 1 unspecified atom stereocenters. The Morgan fingerprint density at radius 3 is 2.22 bits per heavy atom. The second-order valence-electron chi connectivity index (χ2n) is 4.31. The van der Waals surface area contributed by atoms with Crippen LogP contribution in [0.3, 0.4) is 0 Å². The summed E-state index contributed by atoms with van der Waals surface area (Å²) in [6.45, 7) is 1.44. The first-order valence-corrected chi connectivity index (χ1v) is 6.13. The summed E-state index contributed by atoms with van der Waals surface area (Å²) in [5.41, 5.74) is 0. The number of methoxy groups -OCH3 is 2. The van der Waals surface area contributed by atoms with Crippen LogP contribution in [0.25, 0.3) is 0 Å². The number of rotatable bonds is 6. The van der Waals surface area contributed by atoms with Gasteiger partial charge >= 0.3 is 11.9 Å². The molecule has 0 bridgehead atoms. The molecule has 18 heavy (non-hydrogen) atoms. The molecule has 0 aromatic rings. The molecule has 104 valence electrons. The Labute approximate surface area is 107 Å².